The van der Waals surface area contributed by atoms with Gasteiger partial charge in [0.1, 0.15) is 5.15 Å². The summed E-state index contributed by atoms with van der Waals surface area (Å²) in [6.07, 6.45) is 0.821. The van der Waals surface area contributed by atoms with Gasteiger partial charge in [0, 0.05) is 11.8 Å². The van der Waals surface area contributed by atoms with E-state index in [2.05, 4.69) is 4.98 Å². The molecule has 0 spiro atoms. The lowest BCUT2D eigenvalue weighted by atomic mass is 9.98. The first-order valence-corrected chi connectivity index (χ1v) is 5.80. The Hall–Kier alpha value is -2.20. The number of hydrogen-bond donors (Lipinski definition) is 0. The van der Waals surface area contributed by atoms with E-state index < -0.39 is 45.4 Å². The van der Waals surface area contributed by atoms with Crippen LogP contribution < -0.4 is 0 Å². The van der Waals surface area contributed by atoms with Crippen LogP contribution in [0.15, 0.2) is 12.3 Å². The largest absolute Gasteiger partial charge is 0.244 e. The van der Waals surface area contributed by atoms with Gasteiger partial charge in [0.25, 0.3) is 0 Å². The first-order chi connectivity index (χ1) is 9.90. The number of benzene rings is 1. The fourth-order valence-corrected chi connectivity index (χ4v) is 2.07. The van der Waals surface area contributed by atoms with Gasteiger partial charge in [-0.1, -0.05) is 11.6 Å². The highest BCUT2D eigenvalue weighted by molar-refractivity contribution is 6.32. The molecule has 108 valence electrons. The third-order valence-electron chi connectivity index (χ3n) is 2.72. The van der Waals surface area contributed by atoms with Gasteiger partial charge in [0.2, 0.25) is 5.82 Å². The lowest BCUT2D eigenvalue weighted by molar-refractivity contribution is 0.381. The molecule has 0 radical (unpaired) electrons. The average molecular weight is 319 g/mol. The summed E-state index contributed by atoms with van der Waals surface area (Å²) in [5, 5.41) is 8.20. The third-order valence-corrected chi connectivity index (χ3v) is 3.01. The van der Waals surface area contributed by atoms with Gasteiger partial charge in [-0.3, -0.25) is 0 Å². The van der Waals surface area contributed by atoms with Crippen LogP contribution in [0.5, 0.6) is 0 Å². The molecule has 1 aromatic heterocycles. The molecule has 2 rings (SSSR count). The molecule has 2 aromatic rings. The maximum absolute atomic E-state index is 13.8. The van der Waals surface area contributed by atoms with Crippen LogP contribution in [0.4, 0.5) is 22.0 Å². The molecule has 1 aromatic carbocycles. The predicted octanol–water partition coefficient (Wildman–Crippen LogP) is 4.16. The zero-order valence-corrected chi connectivity index (χ0v) is 10.8. The van der Waals surface area contributed by atoms with Crippen LogP contribution >= 0.6 is 11.6 Å². The summed E-state index contributed by atoms with van der Waals surface area (Å²) in [7, 11) is 0. The summed E-state index contributed by atoms with van der Waals surface area (Å²) in [6.45, 7) is 0. The second-order valence-electron chi connectivity index (χ2n) is 3.92. The molecule has 21 heavy (non-hydrogen) atoms. The van der Waals surface area contributed by atoms with Crippen molar-refractivity contribution in [3.05, 3.63) is 52.1 Å². The van der Waals surface area contributed by atoms with Crippen molar-refractivity contribution < 1.29 is 22.0 Å². The molecule has 0 bridgehead atoms. The van der Waals surface area contributed by atoms with Gasteiger partial charge in [-0.05, 0) is 11.6 Å². The topological polar surface area (TPSA) is 36.7 Å². The molecule has 0 fully saturated rings. The fraction of sp³-hybridized carbons (Fsp3) is 0.0769. The van der Waals surface area contributed by atoms with Gasteiger partial charge in [0.05, 0.1) is 18.1 Å². The van der Waals surface area contributed by atoms with Crippen molar-refractivity contribution >= 4 is 11.6 Å². The van der Waals surface area contributed by atoms with E-state index in [1.54, 1.807) is 6.07 Å². The molecule has 0 N–H and O–H groups in total. The Morgan fingerprint density at radius 2 is 1.48 bits per heavy atom. The van der Waals surface area contributed by atoms with Crippen LogP contribution in [0.2, 0.25) is 5.15 Å². The summed E-state index contributed by atoms with van der Waals surface area (Å²) in [4.78, 5) is 3.55. The van der Waals surface area contributed by atoms with Crippen LogP contribution in [-0.2, 0) is 6.42 Å². The number of halogens is 6. The van der Waals surface area contributed by atoms with E-state index in [4.69, 9.17) is 16.9 Å². The Balaban J connectivity index is 2.90. The molecule has 0 amide bonds. The van der Waals surface area contributed by atoms with Gasteiger partial charge in [-0.2, -0.15) is 5.26 Å². The molecular formula is C13H4ClF5N2. The standard InChI is InChI=1S/C13H4ClF5N2/c14-13-6(5(1-3-20)2-4-21-13)7-8(15)10(17)12(19)11(18)9(7)16/h2,4H,1H2. The van der Waals surface area contributed by atoms with E-state index in [-0.39, 0.29) is 12.0 Å². The van der Waals surface area contributed by atoms with E-state index >= 15 is 0 Å². The second kappa shape index (κ2) is 5.66. The average Bonchev–Trinajstić information content (AvgIpc) is 2.46. The van der Waals surface area contributed by atoms with Crippen LogP contribution in [0.1, 0.15) is 5.56 Å². The van der Waals surface area contributed by atoms with Crippen molar-refractivity contribution in [2.45, 2.75) is 6.42 Å². The maximum Gasteiger partial charge on any atom is 0.200 e. The SMILES string of the molecule is N#CCc1ccnc(Cl)c1-c1c(F)c(F)c(F)c(F)c1F. The minimum absolute atomic E-state index is 0.000656. The second-order valence-corrected chi connectivity index (χ2v) is 4.27. The molecule has 1 heterocycles. The zero-order valence-electron chi connectivity index (χ0n) is 10.0. The number of rotatable bonds is 2. The first kappa shape index (κ1) is 15.2. The summed E-state index contributed by atoms with van der Waals surface area (Å²) in [5.41, 5.74) is -1.69. The van der Waals surface area contributed by atoms with Crippen molar-refractivity contribution in [1.82, 2.24) is 4.98 Å². The molecule has 0 aliphatic carbocycles. The number of hydrogen-bond acceptors (Lipinski definition) is 2. The third kappa shape index (κ3) is 2.43. The van der Waals surface area contributed by atoms with Crippen molar-refractivity contribution in [2.75, 3.05) is 0 Å². The Labute approximate surface area is 120 Å². The summed E-state index contributed by atoms with van der Waals surface area (Å²) < 4.78 is 67.1. The number of nitriles is 1. The number of pyridine rings is 1. The van der Waals surface area contributed by atoms with E-state index in [1.165, 1.54) is 6.07 Å². The summed E-state index contributed by atoms with van der Waals surface area (Å²) in [6, 6.07) is 2.92. The van der Waals surface area contributed by atoms with E-state index in [0.717, 1.165) is 6.20 Å². The van der Waals surface area contributed by atoms with Gasteiger partial charge in [-0.25, -0.2) is 26.9 Å². The highest BCUT2D eigenvalue weighted by atomic mass is 35.5. The Morgan fingerprint density at radius 3 is 2.00 bits per heavy atom. The molecule has 0 aliphatic heterocycles. The van der Waals surface area contributed by atoms with Crippen molar-refractivity contribution in [3.63, 3.8) is 0 Å². The molecule has 0 aliphatic rings. The minimum Gasteiger partial charge on any atom is -0.244 e. The zero-order chi connectivity index (χ0) is 15.7. The molecule has 0 saturated carbocycles. The quantitative estimate of drug-likeness (QED) is 0.361. The highest BCUT2D eigenvalue weighted by Gasteiger charge is 2.29. The molecule has 0 atom stereocenters. The predicted molar refractivity (Wildman–Crippen MR) is 63.8 cm³/mol. The van der Waals surface area contributed by atoms with Gasteiger partial charge < -0.3 is 0 Å². The Bertz CT molecular complexity index is 741. The molecule has 2 nitrogen and oxygen atoms in total. The molecule has 0 unspecified atom stereocenters. The smallest absolute Gasteiger partial charge is 0.200 e. The van der Waals surface area contributed by atoms with Gasteiger partial charge >= 0.3 is 0 Å². The van der Waals surface area contributed by atoms with Gasteiger partial charge in [-0.15, -0.1) is 0 Å². The van der Waals surface area contributed by atoms with Crippen LogP contribution in [0, 0.1) is 40.4 Å². The van der Waals surface area contributed by atoms with Crippen LogP contribution in [-0.4, -0.2) is 4.98 Å². The van der Waals surface area contributed by atoms with Crippen molar-refractivity contribution in [2.24, 2.45) is 0 Å². The molecule has 8 heteroatoms. The first-order valence-electron chi connectivity index (χ1n) is 5.42. The normalized spacial score (nSPS) is 10.5. The monoisotopic (exact) mass is 318 g/mol. The maximum atomic E-state index is 13.8. The van der Waals surface area contributed by atoms with Crippen molar-refractivity contribution in [3.8, 4) is 17.2 Å². The van der Waals surface area contributed by atoms with Gasteiger partial charge in [0.15, 0.2) is 23.3 Å². The Morgan fingerprint density at radius 1 is 0.952 bits per heavy atom. The molecular weight excluding hydrogens is 315 g/mol. The Kier molecular flexibility index (Phi) is 4.09. The number of aromatic nitrogens is 1. The summed E-state index contributed by atoms with van der Waals surface area (Å²) in [5.74, 6) is -10.5. The highest BCUT2D eigenvalue weighted by Crippen LogP contribution is 2.37. The number of nitrogens with zero attached hydrogens (tertiary/aromatic N) is 2. The fourth-order valence-electron chi connectivity index (χ4n) is 1.79. The van der Waals surface area contributed by atoms with E-state index in [9.17, 15) is 22.0 Å². The minimum atomic E-state index is -2.27. The van der Waals surface area contributed by atoms with Crippen molar-refractivity contribution in [1.29, 1.82) is 5.26 Å². The molecule has 0 saturated heterocycles. The van der Waals surface area contributed by atoms with Crippen LogP contribution in [0.3, 0.4) is 0 Å². The lowest BCUT2D eigenvalue weighted by Crippen LogP contribution is -2.06. The van der Waals surface area contributed by atoms with Crippen LogP contribution in [0.25, 0.3) is 11.1 Å². The lowest BCUT2D eigenvalue weighted by Gasteiger charge is -2.12. The van der Waals surface area contributed by atoms with E-state index in [1.807, 2.05) is 0 Å². The van der Waals surface area contributed by atoms with E-state index in [0.29, 0.717) is 0 Å². The summed E-state index contributed by atoms with van der Waals surface area (Å²) >= 11 is 5.70.